The van der Waals surface area contributed by atoms with Crippen molar-refractivity contribution in [2.75, 3.05) is 37.4 Å². The Bertz CT molecular complexity index is 1160. The summed E-state index contributed by atoms with van der Waals surface area (Å²) in [5.41, 5.74) is 1.34. The van der Waals surface area contributed by atoms with Crippen LogP contribution in [0.4, 0.5) is 5.69 Å². The van der Waals surface area contributed by atoms with Gasteiger partial charge in [0.2, 0.25) is 21.8 Å². The fraction of sp³-hybridized carbons (Fsp3) is 0.417. The van der Waals surface area contributed by atoms with Gasteiger partial charge in [-0.3, -0.25) is 9.59 Å². The van der Waals surface area contributed by atoms with Gasteiger partial charge in [0, 0.05) is 24.5 Å². The molecule has 0 spiro atoms. The molecule has 34 heavy (non-hydrogen) atoms. The second-order valence-corrected chi connectivity index (χ2v) is 11.3. The Morgan fingerprint density at radius 3 is 2.59 bits per heavy atom. The molecular formula is C24H29N3O5S2. The molecule has 0 aromatic heterocycles. The number of nitrogens with one attached hydrogen (secondary N) is 1. The van der Waals surface area contributed by atoms with Gasteiger partial charge < -0.3 is 15.0 Å². The van der Waals surface area contributed by atoms with Gasteiger partial charge >= 0.3 is 0 Å². The first-order valence-electron chi connectivity index (χ1n) is 11.4. The molecule has 0 saturated carbocycles. The van der Waals surface area contributed by atoms with Crippen molar-refractivity contribution in [1.29, 1.82) is 0 Å². The molecule has 0 aliphatic carbocycles. The Labute approximate surface area is 204 Å². The van der Waals surface area contributed by atoms with Crippen LogP contribution in [0.25, 0.3) is 0 Å². The number of sulfonamides is 1. The molecule has 0 unspecified atom stereocenters. The first-order valence-corrected chi connectivity index (χ1v) is 13.8. The van der Waals surface area contributed by atoms with Gasteiger partial charge in [-0.05, 0) is 48.7 Å². The standard InChI is InChI=1S/C24H29N3O5S2/c1-32-19-8-6-7-18(13-19)15-25-23(28)16-27-21-14-20(9-10-22(21)33-17-24(27)29)34(30,31)26-11-4-2-3-5-12-26/h6-10,13-14H,2-5,11-12,15-17H2,1H3,(H,25,28). The topological polar surface area (TPSA) is 96.0 Å². The van der Waals surface area contributed by atoms with E-state index in [1.807, 2.05) is 24.3 Å². The molecular weight excluding hydrogens is 474 g/mol. The van der Waals surface area contributed by atoms with Crippen LogP contribution in [-0.4, -0.2) is 57.0 Å². The molecule has 1 saturated heterocycles. The second-order valence-electron chi connectivity index (χ2n) is 8.34. The van der Waals surface area contributed by atoms with Gasteiger partial charge in [-0.15, -0.1) is 11.8 Å². The third-order valence-corrected chi connectivity index (χ3v) is 8.94. The molecule has 4 rings (SSSR count). The average molecular weight is 504 g/mol. The first-order chi connectivity index (χ1) is 16.4. The number of carbonyl (C=O) groups is 2. The number of nitrogens with zero attached hydrogens (tertiary/aromatic N) is 2. The second kappa shape index (κ2) is 10.8. The maximum absolute atomic E-state index is 13.3. The highest BCUT2D eigenvalue weighted by atomic mass is 32.2. The van der Waals surface area contributed by atoms with Gasteiger partial charge in [0.05, 0.1) is 23.4 Å². The van der Waals surface area contributed by atoms with E-state index >= 15 is 0 Å². The average Bonchev–Trinajstić information content (AvgIpc) is 3.15. The van der Waals surface area contributed by atoms with Gasteiger partial charge in [0.15, 0.2) is 0 Å². The Kier molecular flexibility index (Phi) is 7.80. The van der Waals surface area contributed by atoms with Crippen LogP contribution in [0.1, 0.15) is 31.2 Å². The van der Waals surface area contributed by atoms with Gasteiger partial charge in [-0.2, -0.15) is 4.31 Å². The first kappa shape index (κ1) is 24.6. The Morgan fingerprint density at radius 2 is 1.85 bits per heavy atom. The van der Waals surface area contributed by atoms with Crippen LogP contribution in [0.2, 0.25) is 0 Å². The highest BCUT2D eigenvalue weighted by Gasteiger charge is 2.31. The zero-order valence-electron chi connectivity index (χ0n) is 19.2. The van der Waals surface area contributed by atoms with Gasteiger partial charge in [0.1, 0.15) is 12.3 Å². The quantitative estimate of drug-likeness (QED) is 0.624. The van der Waals surface area contributed by atoms with Crippen molar-refractivity contribution in [1.82, 2.24) is 9.62 Å². The molecule has 0 bridgehead atoms. The fourth-order valence-electron chi connectivity index (χ4n) is 4.13. The number of ether oxygens (including phenoxy) is 1. The number of thioether (sulfide) groups is 1. The van der Waals surface area contributed by atoms with Crippen LogP contribution in [0.3, 0.4) is 0 Å². The SMILES string of the molecule is COc1cccc(CNC(=O)CN2C(=O)CSc3ccc(S(=O)(=O)N4CCCCCC4)cc32)c1. The lowest BCUT2D eigenvalue weighted by atomic mass is 10.2. The van der Waals surface area contributed by atoms with Crippen LogP contribution in [-0.2, 0) is 26.2 Å². The van der Waals surface area contributed by atoms with Crippen LogP contribution in [0.5, 0.6) is 5.75 Å². The number of methoxy groups -OCH3 is 1. The van der Waals surface area contributed by atoms with Crippen molar-refractivity contribution in [2.24, 2.45) is 0 Å². The predicted octanol–water partition coefficient (Wildman–Crippen LogP) is 3.02. The molecule has 8 nitrogen and oxygen atoms in total. The summed E-state index contributed by atoms with van der Waals surface area (Å²) in [4.78, 5) is 27.7. The number of anilines is 1. The van der Waals surface area contributed by atoms with E-state index in [9.17, 15) is 18.0 Å². The lowest BCUT2D eigenvalue weighted by molar-refractivity contribution is -0.123. The number of fused-ring (bicyclic) bond motifs is 1. The van der Waals surface area contributed by atoms with Crippen molar-refractivity contribution in [2.45, 2.75) is 42.0 Å². The van der Waals surface area contributed by atoms with E-state index in [0.717, 1.165) is 36.1 Å². The van der Waals surface area contributed by atoms with Crippen LogP contribution in [0, 0.1) is 0 Å². The number of benzene rings is 2. The van der Waals surface area contributed by atoms with Crippen molar-refractivity contribution >= 4 is 39.3 Å². The van der Waals surface area contributed by atoms with E-state index in [-0.39, 0.29) is 29.0 Å². The highest BCUT2D eigenvalue weighted by Crippen LogP contribution is 2.37. The van der Waals surface area contributed by atoms with Crippen molar-refractivity contribution in [3.63, 3.8) is 0 Å². The maximum Gasteiger partial charge on any atom is 0.243 e. The summed E-state index contributed by atoms with van der Waals surface area (Å²) < 4.78 is 33.3. The summed E-state index contributed by atoms with van der Waals surface area (Å²) in [5.74, 6) is 0.351. The van der Waals surface area contributed by atoms with E-state index in [0.29, 0.717) is 31.1 Å². The zero-order chi connectivity index (χ0) is 24.1. The Balaban J connectivity index is 1.51. The Morgan fingerprint density at radius 1 is 1.09 bits per heavy atom. The maximum atomic E-state index is 13.3. The van der Waals surface area contributed by atoms with Crippen LogP contribution in [0.15, 0.2) is 52.3 Å². The molecule has 2 amide bonds. The number of amides is 2. The Hall–Kier alpha value is -2.56. The minimum absolute atomic E-state index is 0.158. The highest BCUT2D eigenvalue weighted by molar-refractivity contribution is 8.00. The third kappa shape index (κ3) is 5.56. The number of hydrogen-bond acceptors (Lipinski definition) is 6. The summed E-state index contributed by atoms with van der Waals surface area (Å²) in [6.07, 6.45) is 3.75. The summed E-state index contributed by atoms with van der Waals surface area (Å²) >= 11 is 1.35. The molecule has 0 radical (unpaired) electrons. The zero-order valence-corrected chi connectivity index (χ0v) is 20.8. The predicted molar refractivity (Wildman–Crippen MR) is 132 cm³/mol. The van der Waals surface area contributed by atoms with Gasteiger partial charge in [-0.25, -0.2) is 8.42 Å². The molecule has 0 atom stereocenters. The molecule has 1 N–H and O–H groups in total. The minimum atomic E-state index is -3.67. The van der Waals surface area contributed by atoms with Gasteiger partial charge in [-0.1, -0.05) is 25.0 Å². The molecule has 182 valence electrons. The van der Waals surface area contributed by atoms with E-state index < -0.39 is 10.0 Å². The number of carbonyl (C=O) groups excluding carboxylic acids is 2. The summed E-state index contributed by atoms with van der Waals surface area (Å²) in [5, 5.41) is 2.83. The largest absolute Gasteiger partial charge is 0.497 e. The van der Waals surface area contributed by atoms with Gasteiger partial charge in [0.25, 0.3) is 0 Å². The number of hydrogen-bond donors (Lipinski definition) is 1. The lowest BCUT2D eigenvalue weighted by Gasteiger charge is -2.29. The molecule has 2 aliphatic rings. The van der Waals surface area contributed by atoms with E-state index in [4.69, 9.17) is 4.74 Å². The molecule has 2 aliphatic heterocycles. The van der Waals surface area contributed by atoms with E-state index in [1.165, 1.54) is 27.0 Å². The molecule has 2 heterocycles. The minimum Gasteiger partial charge on any atom is -0.497 e. The van der Waals surface area contributed by atoms with E-state index in [1.54, 1.807) is 19.2 Å². The lowest BCUT2D eigenvalue weighted by Crippen LogP contribution is -2.43. The summed E-state index contributed by atoms with van der Waals surface area (Å²) in [6, 6.07) is 12.2. The smallest absolute Gasteiger partial charge is 0.243 e. The monoisotopic (exact) mass is 503 g/mol. The van der Waals surface area contributed by atoms with Crippen LogP contribution >= 0.6 is 11.8 Å². The fourth-order valence-corrected chi connectivity index (χ4v) is 6.58. The molecule has 10 heteroatoms. The van der Waals surface area contributed by atoms with Crippen molar-refractivity contribution < 1.29 is 22.7 Å². The summed E-state index contributed by atoms with van der Waals surface area (Å²) in [6.45, 7) is 1.12. The molecule has 2 aromatic rings. The summed E-state index contributed by atoms with van der Waals surface area (Å²) in [7, 11) is -2.09. The van der Waals surface area contributed by atoms with Crippen LogP contribution < -0.4 is 15.0 Å². The third-order valence-electron chi connectivity index (χ3n) is 6.00. The molecule has 2 aromatic carbocycles. The van der Waals surface area contributed by atoms with E-state index in [2.05, 4.69) is 5.32 Å². The van der Waals surface area contributed by atoms with Crippen molar-refractivity contribution in [3.8, 4) is 5.75 Å². The van der Waals surface area contributed by atoms with Crippen molar-refractivity contribution in [3.05, 3.63) is 48.0 Å². The number of rotatable bonds is 7. The molecule has 1 fully saturated rings. The normalized spacial score (nSPS) is 17.1.